The van der Waals surface area contributed by atoms with Gasteiger partial charge in [-0.1, -0.05) is 0 Å². The number of amides is 1. The Bertz CT molecular complexity index is 761. The number of hydrogen-bond donors (Lipinski definition) is 1. The number of nitrogens with one attached hydrogen (secondary N) is 1. The molecular formula is C18H26N2O6S. The van der Waals surface area contributed by atoms with E-state index in [9.17, 15) is 13.2 Å². The molecule has 1 aromatic rings. The molecule has 150 valence electrons. The number of carbonyl (C=O) groups excluding carboxylic acids is 1. The van der Waals surface area contributed by atoms with Gasteiger partial charge in [0.25, 0.3) is 0 Å². The van der Waals surface area contributed by atoms with Gasteiger partial charge in [-0.05, 0) is 31.4 Å². The molecule has 0 spiro atoms. The van der Waals surface area contributed by atoms with Gasteiger partial charge in [0.2, 0.25) is 15.9 Å². The topological polar surface area (TPSA) is 94.2 Å². The average Bonchev–Trinajstić information content (AvgIpc) is 3.16. The van der Waals surface area contributed by atoms with E-state index in [1.165, 1.54) is 4.31 Å². The summed E-state index contributed by atoms with van der Waals surface area (Å²) >= 11 is 0. The molecule has 0 saturated carbocycles. The van der Waals surface area contributed by atoms with E-state index in [0.29, 0.717) is 43.4 Å². The summed E-state index contributed by atoms with van der Waals surface area (Å²) in [5, 5.41) is 2.85. The van der Waals surface area contributed by atoms with Crippen LogP contribution in [0.3, 0.4) is 0 Å². The van der Waals surface area contributed by atoms with Crippen LogP contribution in [-0.4, -0.2) is 59.6 Å². The molecule has 2 heterocycles. The summed E-state index contributed by atoms with van der Waals surface area (Å²) in [5.74, 6) is 1.04. The molecule has 2 aliphatic rings. The predicted octanol–water partition coefficient (Wildman–Crippen LogP) is 1.30. The first-order valence-electron chi connectivity index (χ1n) is 9.19. The maximum atomic E-state index is 12.2. The number of fused-ring (bicyclic) bond motifs is 1. The van der Waals surface area contributed by atoms with E-state index in [2.05, 4.69) is 5.32 Å². The van der Waals surface area contributed by atoms with Gasteiger partial charge in [-0.25, -0.2) is 8.42 Å². The van der Waals surface area contributed by atoms with Gasteiger partial charge in [-0.3, -0.25) is 9.10 Å². The largest absolute Gasteiger partial charge is 0.486 e. The quantitative estimate of drug-likeness (QED) is 0.709. The maximum Gasteiger partial charge on any atom is 0.232 e. The van der Waals surface area contributed by atoms with Crippen LogP contribution >= 0.6 is 0 Å². The normalized spacial score (nSPS) is 18.9. The molecule has 8 nitrogen and oxygen atoms in total. The molecule has 0 radical (unpaired) electrons. The molecule has 0 aliphatic carbocycles. The molecule has 0 bridgehead atoms. The van der Waals surface area contributed by atoms with Crippen LogP contribution in [0.1, 0.15) is 25.7 Å². The van der Waals surface area contributed by atoms with Crippen molar-refractivity contribution >= 4 is 21.6 Å². The van der Waals surface area contributed by atoms with Gasteiger partial charge < -0.3 is 19.5 Å². The number of ether oxygens (including phenoxy) is 3. The van der Waals surface area contributed by atoms with Gasteiger partial charge in [-0.15, -0.1) is 0 Å². The number of sulfonamides is 1. The number of nitrogens with zero attached hydrogens (tertiary/aromatic N) is 1. The number of benzene rings is 1. The first-order chi connectivity index (χ1) is 12.9. The van der Waals surface area contributed by atoms with Gasteiger partial charge in [0.1, 0.15) is 13.2 Å². The average molecular weight is 398 g/mol. The minimum atomic E-state index is -3.48. The Morgan fingerprint density at radius 3 is 2.70 bits per heavy atom. The predicted molar refractivity (Wildman–Crippen MR) is 101 cm³/mol. The summed E-state index contributed by atoms with van der Waals surface area (Å²) in [6.45, 7) is 2.38. The van der Waals surface area contributed by atoms with Crippen molar-refractivity contribution in [2.24, 2.45) is 0 Å². The Hall–Kier alpha value is -2.00. The maximum absolute atomic E-state index is 12.2. The summed E-state index contributed by atoms with van der Waals surface area (Å²) in [7, 11) is -3.48. The highest BCUT2D eigenvalue weighted by atomic mass is 32.2. The van der Waals surface area contributed by atoms with Crippen molar-refractivity contribution in [2.75, 3.05) is 43.5 Å². The highest BCUT2D eigenvalue weighted by Crippen LogP contribution is 2.34. The molecule has 27 heavy (non-hydrogen) atoms. The number of anilines is 1. The highest BCUT2D eigenvalue weighted by Gasteiger charge is 2.21. The smallest absolute Gasteiger partial charge is 0.232 e. The number of hydrogen-bond acceptors (Lipinski definition) is 6. The fourth-order valence-electron chi connectivity index (χ4n) is 3.18. The lowest BCUT2D eigenvalue weighted by Crippen LogP contribution is -2.34. The molecule has 1 atom stereocenters. The van der Waals surface area contributed by atoms with E-state index in [4.69, 9.17) is 14.2 Å². The van der Waals surface area contributed by atoms with Gasteiger partial charge in [0, 0.05) is 32.2 Å². The van der Waals surface area contributed by atoms with Crippen molar-refractivity contribution < 1.29 is 27.4 Å². The van der Waals surface area contributed by atoms with E-state index in [1.54, 1.807) is 18.2 Å². The van der Waals surface area contributed by atoms with Gasteiger partial charge in [0.05, 0.1) is 18.0 Å². The van der Waals surface area contributed by atoms with Crippen LogP contribution in [0.25, 0.3) is 0 Å². The van der Waals surface area contributed by atoms with Crippen molar-refractivity contribution in [3.63, 3.8) is 0 Å². The Balaban J connectivity index is 1.55. The molecule has 1 aromatic carbocycles. The van der Waals surface area contributed by atoms with Crippen molar-refractivity contribution in [1.82, 2.24) is 5.32 Å². The van der Waals surface area contributed by atoms with E-state index in [-0.39, 0.29) is 25.0 Å². The summed E-state index contributed by atoms with van der Waals surface area (Å²) in [5.41, 5.74) is 0.501. The Morgan fingerprint density at radius 1 is 1.22 bits per heavy atom. The molecule has 3 rings (SSSR count). The first kappa shape index (κ1) is 19.8. The minimum absolute atomic E-state index is 0.0962. The van der Waals surface area contributed by atoms with Crippen LogP contribution in [0.5, 0.6) is 11.5 Å². The van der Waals surface area contributed by atoms with Gasteiger partial charge >= 0.3 is 0 Å². The van der Waals surface area contributed by atoms with Crippen molar-refractivity contribution in [3.8, 4) is 11.5 Å². The van der Waals surface area contributed by atoms with Crippen LogP contribution in [0.2, 0.25) is 0 Å². The van der Waals surface area contributed by atoms with E-state index in [1.807, 2.05) is 0 Å². The Kier molecular flexibility index (Phi) is 6.43. The SMILES string of the molecule is CS(=O)(=O)N(CCCC(=O)NC[C@@H]1CCCO1)c1ccc2c(c1)OCCO2. The zero-order chi connectivity index (χ0) is 19.3. The second kappa shape index (κ2) is 8.79. The lowest BCUT2D eigenvalue weighted by atomic mass is 10.2. The van der Waals surface area contributed by atoms with Gasteiger partial charge in [-0.2, -0.15) is 0 Å². The third-order valence-corrected chi connectivity index (χ3v) is 5.72. The van der Waals surface area contributed by atoms with E-state index >= 15 is 0 Å². The zero-order valence-electron chi connectivity index (χ0n) is 15.5. The molecule has 1 fully saturated rings. The number of rotatable bonds is 8. The summed E-state index contributed by atoms with van der Waals surface area (Å²) in [6.07, 6.45) is 3.91. The molecule has 0 unspecified atom stereocenters. The third kappa shape index (κ3) is 5.49. The lowest BCUT2D eigenvalue weighted by Gasteiger charge is -2.25. The lowest BCUT2D eigenvalue weighted by molar-refractivity contribution is -0.121. The molecule has 1 amide bonds. The first-order valence-corrected chi connectivity index (χ1v) is 11.0. The molecule has 1 N–H and O–H groups in total. The van der Waals surface area contributed by atoms with Crippen LogP contribution in [-0.2, 0) is 19.6 Å². The van der Waals surface area contributed by atoms with Gasteiger partial charge in [0.15, 0.2) is 11.5 Å². The fourth-order valence-corrected chi connectivity index (χ4v) is 4.14. The molecule has 9 heteroatoms. The van der Waals surface area contributed by atoms with Crippen molar-refractivity contribution in [3.05, 3.63) is 18.2 Å². The Labute approximate surface area is 159 Å². The monoisotopic (exact) mass is 398 g/mol. The van der Waals surface area contributed by atoms with Crippen LogP contribution in [0, 0.1) is 0 Å². The summed E-state index contributed by atoms with van der Waals surface area (Å²) < 4.78 is 42.2. The highest BCUT2D eigenvalue weighted by molar-refractivity contribution is 7.92. The van der Waals surface area contributed by atoms with Crippen LogP contribution in [0.15, 0.2) is 18.2 Å². The second-order valence-electron chi connectivity index (χ2n) is 6.71. The third-order valence-electron chi connectivity index (χ3n) is 4.53. The number of carbonyl (C=O) groups is 1. The van der Waals surface area contributed by atoms with Crippen LogP contribution < -0.4 is 19.1 Å². The summed E-state index contributed by atoms with van der Waals surface area (Å²) in [4.78, 5) is 12.0. The van der Waals surface area contributed by atoms with E-state index in [0.717, 1.165) is 25.7 Å². The molecule has 0 aromatic heterocycles. The summed E-state index contributed by atoms with van der Waals surface area (Å²) in [6, 6.07) is 5.05. The van der Waals surface area contributed by atoms with Crippen LogP contribution in [0.4, 0.5) is 5.69 Å². The molecule has 2 aliphatic heterocycles. The molecule has 1 saturated heterocycles. The standard InChI is InChI=1S/C18H26N2O6S/c1-27(22,23)20(14-6-7-16-17(12-14)26-11-10-25-16)8-2-5-18(21)19-13-15-4-3-9-24-15/h6-7,12,15H,2-5,8-11,13H2,1H3,(H,19,21)/t15-/m0/s1. The van der Waals surface area contributed by atoms with E-state index < -0.39 is 10.0 Å². The minimum Gasteiger partial charge on any atom is -0.486 e. The zero-order valence-corrected chi connectivity index (χ0v) is 16.3. The van der Waals surface area contributed by atoms with Crippen molar-refractivity contribution in [2.45, 2.75) is 31.8 Å². The fraction of sp³-hybridized carbons (Fsp3) is 0.611. The second-order valence-corrected chi connectivity index (χ2v) is 8.61. The molecular weight excluding hydrogens is 372 g/mol. The van der Waals surface area contributed by atoms with Crippen molar-refractivity contribution in [1.29, 1.82) is 0 Å². The Morgan fingerprint density at radius 2 is 2.00 bits per heavy atom.